The Morgan fingerprint density at radius 3 is 2.80 bits per heavy atom. The summed E-state index contributed by atoms with van der Waals surface area (Å²) in [5, 5.41) is 17.4. The molecule has 168 valence electrons. The van der Waals surface area contributed by atoms with Gasteiger partial charge >= 0.3 is 6.09 Å². The van der Waals surface area contributed by atoms with Crippen molar-refractivity contribution in [3.05, 3.63) is 18.0 Å². The molecule has 1 saturated heterocycles. The van der Waals surface area contributed by atoms with E-state index in [1.165, 1.54) is 0 Å². The summed E-state index contributed by atoms with van der Waals surface area (Å²) in [6.07, 6.45) is 8.51. The van der Waals surface area contributed by atoms with E-state index in [2.05, 4.69) is 17.3 Å². The minimum Gasteiger partial charge on any atom is -0.448 e. The molecule has 3 rings (SSSR count). The molecule has 1 aromatic heterocycles. The quantitative estimate of drug-likeness (QED) is 0.640. The fraction of sp³-hybridized carbons (Fsp3) is 0.773. The lowest BCUT2D eigenvalue weighted by atomic mass is 9.78. The van der Waals surface area contributed by atoms with E-state index in [0.717, 1.165) is 32.1 Å². The number of carbonyl (C=O) groups excluding carboxylic acids is 2. The van der Waals surface area contributed by atoms with Crippen molar-refractivity contribution in [3.8, 4) is 0 Å². The summed E-state index contributed by atoms with van der Waals surface area (Å²) < 4.78 is 6.79. The molecular formula is C22H36N4O4. The molecule has 0 bridgehead atoms. The van der Waals surface area contributed by atoms with Crippen LogP contribution < -0.4 is 5.32 Å². The van der Waals surface area contributed by atoms with Crippen LogP contribution in [0.4, 0.5) is 4.79 Å². The SMILES string of the molecule is CCCC1CC(CNC(=O)c2cnn(CCC(C)(C)N3CCOC3=O)c2)C[C@@H](O)C1. The molecule has 2 fully saturated rings. The van der Waals surface area contributed by atoms with Crippen LogP contribution in [0.15, 0.2) is 12.4 Å². The number of aliphatic hydroxyl groups excluding tert-OH is 1. The van der Waals surface area contributed by atoms with Gasteiger partial charge in [-0.1, -0.05) is 19.8 Å². The third kappa shape index (κ3) is 5.74. The van der Waals surface area contributed by atoms with Gasteiger partial charge in [-0.05, 0) is 51.4 Å². The van der Waals surface area contributed by atoms with Gasteiger partial charge in [0.05, 0.1) is 24.4 Å². The van der Waals surface area contributed by atoms with Crippen LogP contribution in [-0.4, -0.2) is 63.1 Å². The van der Waals surface area contributed by atoms with Gasteiger partial charge in [-0.2, -0.15) is 5.10 Å². The summed E-state index contributed by atoms with van der Waals surface area (Å²) in [7, 11) is 0. The van der Waals surface area contributed by atoms with E-state index in [1.54, 1.807) is 22.0 Å². The number of amides is 2. The van der Waals surface area contributed by atoms with Gasteiger partial charge in [-0.25, -0.2) is 4.79 Å². The average Bonchev–Trinajstić information content (AvgIpc) is 3.34. The first-order chi connectivity index (χ1) is 14.3. The number of aryl methyl sites for hydroxylation is 1. The zero-order valence-corrected chi connectivity index (χ0v) is 18.5. The van der Waals surface area contributed by atoms with Crippen molar-refractivity contribution in [3.63, 3.8) is 0 Å². The third-order valence-corrected chi connectivity index (χ3v) is 6.47. The van der Waals surface area contributed by atoms with E-state index in [1.807, 2.05) is 13.8 Å². The second-order valence-corrected chi connectivity index (χ2v) is 9.41. The summed E-state index contributed by atoms with van der Waals surface area (Å²) in [6, 6.07) is 0. The molecule has 1 saturated carbocycles. The average molecular weight is 421 g/mol. The fourth-order valence-corrected chi connectivity index (χ4v) is 4.75. The van der Waals surface area contributed by atoms with Gasteiger partial charge in [-0.3, -0.25) is 14.4 Å². The lowest BCUT2D eigenvalue weighted by Crippen LogP contribution is -2.45. The second kappa shape index (κ2) is 9.81. The van der Waals surface area contributed by atoms with Crippen LogP contribution in [0.2, 0.25) is 0 Å². The maximum Gasteiger partial charge on any atom is 0.410 e. The van der Waals surface area contributed by atoms with Crippen LogP contribution in [0.1, 0.15) is 69.7 Å². The number of rotatable bonds is 9. The molecule has 1 aliphatic carbocycles. The molecule has 3 atom stereocenters. The number of aromatic nitrogens is 2. The standard InChI is InChI=1S/C22H36N4O4/c1-4-5-16-10-17(12-19(27)11-16)13-23-20(28)18-14-24-25(15-18)7-6-22(2,3)26-8-9-30-21(26)29/h14-17,19,27H,4-13H2,1-3H3,(H,23,28)/t16?,17?,19-/m0/s1. The summed E-state index contributed by atoms with van der Waals surface area (Å²) in [5.41, 5.74) is 0.202. The fourth-order valence-electron chi connectivity index (χ4n) is 4.75. The Labute approximate surface area is 179 Å². The molecule has 8 nitrogen and oxygen atoms in total. The van der Waals surface area contributed by atoms with Gasteiger partial charge in [0.15, 0.2) is 0 Å². The van der Waals surface area contributed by atoms with Crippen molar-refractivity contribution < 1.29 is 19.4 Å². The first-order valence-electron chi connectivity index (χ1n) is 11.2. The molecule has 1 aromatic rings. The lowest BCUT2D eigenvalue weighted by molar-refractivity contribution is 0.0643. The molecule has 30 heavy (non-hydrogen) atoms. The van der Waals surface area contributed by atoms with Crippen molar-refractivity contribution >= 4 is 12.0 Å². The number of cyclic esters (lactones) is 1. The molecule has 8 heteroatoms. The third-order valence-electron chi connectivity index (χ3n) is 6.47. The molecule has 2 heterocycles. The summed E-state index contributed by atoms with van der Waals surface area (Å²) in [4.78, 5) is 26.1. The molecule has 0 radical (unpaired) electrons. The predicted molar refractivity (Wildman–Crippen MR) is 113 cm³/mol. The first-order valence-corrected chi connectivity index (χ1v) is 11.2. The normalized spacial score (nSPS) is 24.7. The molecule has 0 spiro atoms. The first kappa shape index (κ1) is 22.6. The van der Waals surface area contributed by atoms with E-state index in [9.17, 15) is 14.7 Å². The minimum absolute atomic E-state index is 0.129. The zero-order chi connectivity index (χ0) is 21.7. The Morgan fingerprint density at radius 2 is 2.10 bits per heavy atom. The van der Waals surface area contributed by atoms with Crippen molar-refractivity contribution in [2.24, 2.45) is 11.8 Å². The summed E-state index contributed by atoms with van der Waals surface area (Å²) in [6.45, 7) is 8.44. The van der Waals surface area contributed by atoms with Crippen molar-refractivity contribution in [1.29, 1.82) is 0 Å². The number of ether oxygens (including phenoxy) is 1. The van der Waals surface area contributed by atoms with Crippen LogP contribution in [0, 0.1) is 11.8 Å². The Bertz CT molecular complexity index is 732. The van der Waals surface area contributed by atoms with Gasteiger partial charge in [0.2, 0.25) is 0 Å². The molecule has 2 N–H and O–H groups in total. The number of aliphatic hydroxyl groups is 1. The van der Waals surface area contributed by atoms with E-state index >= 15 is 0 Å². The maximum atomic E-state index is 12.5. The molecule has 0 aromatic carbocycles. The smallest absolute Gasteiger partial charge is 0.410 e. The van der Waals surface area contributed by atoms with E-state index < -0.39 is 0 Å². The van der Waals surface area contributed by atoms with Crippen molar-refractivity contribution in [2.75, 3.05) is 19.7 Å². The van der Waals surface area contributed by atoms with Gasteiger partial charge in [0, 0.05) is 24.8 Å². The lowest BCUT2D eigenvalue weighted by Gasteiger charge is -2.33. The van der Waals surface area contributed by atoms with Gasteiger partial charge in [0.25, 0.3) is 5.91 Å². The summed E-state index contributed by atoms with van der Waals surface area (Å²) >= 11 is 0. The number of nitrogens with zero attached hydrogens (tertiary/aromatic N) is 3. The van der Waals surface area contributed by atoms with Crippen LogP contribution >= 0.6 is 0 Å². The number of hydrogen-bond acceptors (Lipinski definition) is 5. The highest BCUT2D eigenvalue weighted by atomic mass is 16.6. The van der Waals surface area contributed by atoms with Gasteiger partial charge < -0.3 is 15.2 Å². The highest BCUT2D eigenvalue weighted by Gasteiger charge is 2.35. The molecule has 2 aliphatic rings. The Morgan fingerprint density at radius 1 is 1.33 bits per heavy atom. The second-order valence-electron chi connectivity index (χ2n) is 9.41. The van der Waals surface area contributed by atoms with E-state index in [0.29, 0.717) is 50.1 Å². The highest BCUT2D eigenvalue weighted by molar-refractivity contribution is 5.93. The van der Waals surface area contributed by atoms with Crippen LogP contribution in [-0.2, 0) is 11.3 Å². The Balaban J connectivity index is 1.47. The highest BCUT2D eigenvalue weighted by Crippen LogP contribution is 2.32. The van der Waals surface area contributed by atoms with Gasteiger partial charge in [-0.15, -0.1) is 0 Å². The Kier molecular flexibility index (Phi) is 7.39. The predicted octanol–water partition coefficient (Wildman–Crippen LogP) is 2.81. The molecule has 2 amide bonds. The summed E-state index contributed by atoms with van der Waals surface area (Å²) in [5.74, 6) is 0.751. The van der Waals surface area contributed by atoms with Gasteiger partial charge in [0.1, 0.15) is 6.61 Å². The van der Waals surface area contributed by atoms with E-state index in [-0.39, 0.29) is 23.6 Å². The van der Waals surface area contributed by atoms with Crippen LogP contribution in [0.3, 0.4) is 0 Å². The maximum absolute atomic E-state index is 12.5. The minimum atomic E-state index is -0.335. The van der Waals surface area contributed by atoms with Crippen molar-refractivity contribution in [2.45, 2.75) is 77.5 Å². The van der Waals surface area contributed by atoms with Crippen molar-refractivity contribution in [1.82, 2.24) is 20.0 Å². The zero-order valence-electron chi connectivity index (χ0n) is 18.5. The van der Waals surface area contributed by atoms with Crippen LogP contribution in [0.5, 0.6) is 0 Å². The number of carbonyl (C=O) groups is 2. The molecule has 2 unspecified atom stereocenters. The van der Waals surface area contributed by atoms with E-state index in [4.69, 9.17) is 4.74 Å². The number of nitrogens with one attached hydrogen (secondary N) is 1. The largest absolute Gasteiger partial charge is 0.448 e. The monoisotopic (exact) mass is 420 g/mol. The number of hydrogen-bond donors (Lipinski definition) is 2. The molecular weight excluding hydrogens is 384 g/mol. The van der Waals surface area contributed by atoms with Crippen LogP contribution in [0.25, 0.3) is 0 Å². The topological polar surface area (TPSA) is 96.7 Å². The Hall–Kier alpha value is -2.09. The molecule has 1 aliphatic heterocycles.